The van der Waals surface area contributed by atoms with Gasteiger partial charge in [0.15, 0.2) is 5.65 Å². The first-order valence-corrected chi connectivity index (χ1v) is 5.37. The average molecular weight is 282 g/mol. The number of halogens is 2. The molecule has 2 aromatic heterocycles. The number of H-pyrrole nitrogens is 1. The maximum atomic E-state index is 5.90. The van der Waals surface area contributed by atoms with Gasteiger partial charge < -0.3 is 10.3 Å². The largest absolute Gasteiger partial charge is 0.326 e. The normalized spacial score (nSPS) is 10.1. The van der Waals surface area contributed by atoms with E-state index in [0.29, 0.717) is 16.6 Å². The van der Waals surface area contributed by atoms with Crippen molar-refractivity contribution in [1.29, 1.82) is 0 Å². The van der Waals surface area contributed by atoms with Crippen molar-refractivity contribution >= 4 is 46.8 Å². The van der Waals surface area contributed by atoms with Crippen LogP contribution in [0.3, 0.4) is 0 Å². The number of aromatic nitrogens is 4. The molecule has 0 saturated heterocycles. The number of nitrogens with one attached hydrogen (secondary N) is 2. The van der Waals surface area contributed by atoms with Crippen LogP contribution < -0.4 is 5.32 Å². The van der Waals surface area contributed by atoms with Gasteiger partial charge in [0.25, 0.3) is 0 Å². The quantitative estimate of drug-likeness (QED) is 0.757. The van der Waals surface area contributed by atoms with Crippen LogP contribution in [0.2, 0.25) is 5.02 Å². The van der Waals surface area contributed by atoms with Crippen molar-refractivity contribution in [2.45, 2.75) is 0 Å². The molecule has 0 radical (unpaired) electrons. The third-order valence-corrected chi connectivity index (χ3v) is 2.48. The summed E-state index contributed by atoms with van der Waals surface area (Å²) in [6.45, 7) is 0. The number of aromatic amines is 1. The van der Waals surface area contributed by atoms with Crippen molar-refractivity contribution in [2.75, 3.05) is 5.32 Å². The molecule has 0 aliphatic heterocycles. The molecule has 0 saturated carbocycles. The number of fused-ring (bicyclic) bond motifs is 1. The Kier molecular flexibility index (Phi) is 3.64. The zero-order valence-electron chi connectivity index (χ0n) is 9.09. The van der Waals surface area contributed by atoms with Gasteiger partial charge in [-0.25, -0.2) is 15.0 Å². The zero-order valence-corrected chi connectivity index (χ0v) is 10.7. The highest BCUT2D eigenvalue weighted by atomic mass is 35.5. The Labute approximate surface area is 114 Å². The van der Waals surface area contributed by atoms with Gasteiger partial charge in [0.05, 0.1) is 6.20 Å². The van der Waals surface area contributed by atoms with Crippen molar-refractivity contribution in [3.8, 4) is 0 Å². The van der Waals surface area contributed by atoms with Crippen LogP contribution in [0, 0.1) is 0 Å². The summed E-state index contributed by atoms with van der Waals surface area (Å²) in [4.78, 5) is 15.3. The minimum atomic E-state index is 0. The molecule has 1 aromatic carbocycles. The van der Waals surface area contributed by atoms with E-state index in [1.165, 1.54) is 6.33 Å². The van der Waals surface area contributed by atoms with Gasteiger partial charge in [-0.15, -0.1) is 12.4 Å². The SMILES string of the molecule is Cl.Clc1cccc(Nc2nc3cncnc3[nH]2)c1. The molecule has 0 bridgehead atoms. The Hall–Kier alpha value is -1.85. The van der Waals surface area contributed by atoms with Crippen molar-refractivity contribution in [2.24, 2.45) is 0 Å². The van der Waals surface area contributed by atoms with Crippen LogP contribution in [0.4, 0.5) is 11.6 Å². The summed E-state index contributed by atoms with van der Waals surface area (Å²) >= 11 is 5.90. The van der Waals surface area contributed by atoms with E-state index in [4.69, 9.17) is 11.6 Å². The molecule has 3 rings (SSSR count). The van der Waals surface area contributed by atoms with E-state index in [9.17, 15) is 0 Å². The van der Waals surface area contributed by atoms with Crippen LogP contribution in [0.1, 0.15) is 0 Å². The van der Waals surface area contributed by atoms with Crippen molar-refractivity contribution in [3.63, 3.8) is 0 Å². The second kappa shape index (κ2) is 5.20. The molecule has 18 heavy (non-hydrogen) atoms. The molecule has 0 spiro atoms. The molecule has 0 aliphatic carbocycles. The number of hydrogen-bond acceptors (Lipinski definition) is 4. The third-order valence-electron chi connectivity index (χ3n) is 2.25. The fourth-order valence-electron chi connectivity index (χ4n) is 1.52. The smallest absolute Gasteiger partial charge is 0.206 e. The Morgan fingerprint density at radius 3 is 2.94 bits per heavy atom. The maximum absolute atomic E-state index is 5.90. The lowest BCUT2D eigenvalue weighted by molar-refractivity contribution is 1.20. The highest BCUT2D eigenvalue weighted by Gasteiger charge is 2.03. The van der Waals surface area contributed by atoms with E-state index in [1.807, 2.05) is 24.3 Å². The number of benzene rings is 1. The molecule has 5 nitrogen and oxygen atoms in total. The minimum Gasteiger partial charge on any atom is -0.326 e. The first-order valence-electron chi connectivity index (χ1n) is 4.99. The van der Waals surface area contributed by atoms with Gasteiger partial charge in [0, 0.05) is 10.7 Å². The van der Waals surface area contributed by atoms with Gasteiger partial charge in [0.2, 0.25) is 5.95 Å². The monoisotopic (exact) mass is 281 g/mol. The number of hydrogen-bond donors (Lipinski definition) is 2. The van der Waals surface area contributed by atoms with Gasteiger partial charge in [-0.2, -0.15) is 0 Å². The van der Waals surface area contributed by atoms with E-state index in [-0.39, 0.29) is 12.4 Å². The Morgan fingerprint density at radius 2 is 2.17 bits per heavy atom. The topological polar surface area (TPSA) is 66.5 Å². The van der Waals surface area contributed by atoms with Gasteiger partial charge >= 0.3 is 0 Å². The number of nitrogens with zero attached hydrogens (tertiary/aromatic N) is 3. The minimum absolute atomic E-state index is 0. The van der Waals surface area contributed by atoms with Gasteiger partial charge in [-0.05, 0) is 18.2 Å². The molecule has 3 aromatic rings. The summed E-state index contributed by atoms with van der Waals surface area (Å²) < 4.78 is 0. The predicted octanol–water partition coefficient (Wildman–Crippen LogP) is 3.17. The fourth-order valence-corrected chi connectivity index (χ4v) is 1.71. The molecule has 0 amide bonds. The number of imidazole rings is 1. The highest BCUT2D eigenvalue weighted by molar-refractivity contribution is 6.30. The zero-order chi connectivity index (χ0) is 11.7. The molecule has 7 heteroatoms. The van der Waals surface area contributed by atoms with E-state index in [0.717, 1.165) is 11.2 Å². The molecule has 0 fully saturated rings. The second-order valence-corrected chi connectivity index (χ2v) is 3.91. The van der Waals surface area contributed by atoms with Crippen molar-refractivity contribution < 1.29 is 0 Å². The number of rotatable bonds is 2. The summed E-state index contributed by atoms with van der Waals surface area (Å²) in [5, 5.41) is 3.79. The highest BCUT2D eigenvalue weighted by Crippen LogP contribution is 2.19. The molecule has 92 valence electrons. The van der Waals surface area contributed by atoms with Crippen molar-refractivity contribution in [1.82, 2.24) is 19.9 Å². The van der Waals surface area contributed by atoms with E-state index in [1.54, 1.807) is 6.20 Å². The lowest BCUT2D eigenvalue weighted by Gasteiger charge is -2.01. The summed E-state index contributed by atoms with van der Waals surface area (Å²) in [7, 11) is 0. The maximum Gasteiger partial charge on any atom is 0.206 e. The summed E-state index contributed by atoms with van der Waals surface area (Å²) in [5.41, 5.74) is 2.28. The van der Waals surface area contributed by atoms with Crippen LogP contribution in [0.5, 0.6) is 0 Å². The van der Waals surface area contributed by atoms with E-state index < -0.39 is 0 Å². The first-order chi connectivity index (χ1) is 8.31. The average Bonchev–Trinajstić information content (AvgIpc) is 2.71. The van der Waals surface area contributed by atoms with Crippen LogP contribution in [0.25, 0.3) is 11.2 Å². The van der Waals surface area contributed by atoms with Crippen LogP contribution in [-0.2, 0) is 0 Å². The Bertz CT molecular complexity index is 634. The van der Waals surface area contributed by atoms with Gasteiger partial charge in [-0.3, -0.25) is 0 Å². The van der Waals surface area contributed by atoms with Crippen LogP contribution in [0.15, 0.2) is 36.8 Å². The van der Waals surface area contributed by atoms with Crippen LogP contribution >= 0.6 is 24.0 Å². The first kappa shape index (κ1) is 12.6. The molecular formula is C11H9Cl2N5. The standard InChI is InChI=1S/C11H8ClN5.ClH/c12-7-2-1-3-8(4-7)15-11-16-9-5-13-6-14-10(9)17-11;/h1-6H,(H2,13,14,15,16,17);1H. The van der Waals surface area contributed by atoms with Gasteiger partial charge in [-0.1, -0.05) is 17.7 Å². The fraction of sp³-hybridized carbons (Fsp3) is 0. The molecule has 0 aliphatic rings. The Morgan fingerprint density at radius 1 is 1.28 bits per heavy atom. The second-order valence-electron chi connectivity index (χ2n) is 3.48. The molecule has 0 atom stereocenters. The Balaban J connectivity index is 0.00000120. The van der Waals surface area contributed by atoms with E-state index in [2.05, 4.69) is 25.3 Å². The summed E-state index contributed by atoms with van der Waals surface area (Å²) in [6, 6.07) is 7.41. The molecular weight excluding hydrogens is 273 g/mol. The predicted molar refractivity (Wildman–Crippen MR) is 73.7 cm³/mol. The lowest BCUT2D eigenvalue weighted by Crippen LogP contribution is -1.91. The molecule has 2 N–H and O–H groups in total. The van der Waals surface area contributed by atoms with Crippen molar-refractivity contribution in [3.05, 3.63) is 41.8 Å². The van der Waals surface area contributed by atoms with Gasteiger partial charge in [0.1, 0.15) is 11.8 Å². The number of anilines is 2. The third kappa shape index (κ3) is 2.52. The van der Waals surface area contributed by atoms with E-state index >= 15 is 0 Å². The summed E-state index contributed by atoms with van der Waals surface area (Å²) in [6.07, 6.45) is 3.13. The molecule has 2 heterocycles. The molecule has 0 unspecified atom stereocenters. The summed E-state index contributed by atoms with van der Waals surface area (Å²) in [5.74, 6) is 0.614. The lowest BCUT2D eigenvalue weighted by atomic mass is 10.3. The van der Waals surface area contributed by atoms with Crippen LogP contribution in [-0.4, -0.2) is 19.9 Å².